The first-order chi connectivity index (χ1) is 21.3. The summed E-state index contributed by atoms with van der Waals surface area (Å²) in [4.78, 5) is 13.2. The molecule has 2 heterocycles. The van der Waals surface area contributed by atoms with Crippen molar-refractivity contribution in [2.24, 2.45) is 0 Å². The van der Waals surface area contributed by atoms with Crippen LogP contribution in [0.2, 0.25) is 0 Å². The number of hydrogen-bond acceptors (Lipinski definition) is 7. The number of rotatable bonds is 10. The van der Waals surface area contributed by atoms with E-state index < -0.39 is 31.6 Å². The fourth-order valence-corrected chi connectivity index (χ4v) is 9.03. The number of hydrogen-bond donors (Lipinski definition) is 1. The van der Waals surface area contributed by atoms with Crippen LogP contribution in [0.4, 0.5) is 0 Å². The highest BCUT2D eigenvalue weighted by Crippen LogP contribution is 2.34. The van der Waals surface area contributed by atoms with Crippen molar-refractivity contribution in [2.75, 3.05) is 13.1 Å². The molecule has 1 unspecified atom stereocenters. The fourth-order valence-electron chi connectivity index (χ4n) is 5.36. The highest BCUT2D eigenvalue weighted by molar-refractivity contribution is 7.92. The summed E-state index contributed by atoms with van der Waals surface area (Å²) in [6.07, 6.45) is 1.49. The van der Waals surface area contributed by atoms with Gasteiger partial charge in [0.2, 0.25) is 10.0 Å². The number of piperidine rings is 1. The second kappa shape index (κ2) is 13.1. The molecule has 11 heteroatoms. The largest absolute Gasteiger partial charge is 0.478 e. The zero-order valence-electron chi connectivity index (χ0n) is 25.8. The lowest BCUT2D eigenvalue weighted by molar-refractivity contribution is -0.132. The molecule has 1 aliphatic heterocycles. The minimum atomic E-state index is -4.01. The standard InChI is InChI=1S/C34H38N2O6S3/c1-24(2)25-15-17-26(18-16-25)28-10-6-13-31(22-28)45(40,41)36-19-7-11-29(23-36)27-9-5-12-30(21-27)42-34(3,4)33(37)35-44(38,39)32-14-8-20-43-32/h5-6,8-10,12-18,20-22,24,29H,7,11,19,23H2,1-4H3,(H,35,37). The number of nitrogens with zero attached hydrogens (tertiary/aromatic N) is 1. The highest BCUT2D eigenvalue weighted by Gasteiger charge is 2.35. The van der Waals surface area contributed by atoms with Crippen molar-refractivity contribution in [3.8, 4) is 16.9 Å². The molecular weight excluding hydrogens is 629 g/mol. The lowest BCUT2D eigenvalue weighted by Gasteiger charge is -2.32. The SMILES string of the molecule is CC(C)c1ccc(-c2cccc(S(=O)(=O)N3CCCC(c4cccc(OC(C)(C)C(=O)NS(=O)(=O)c5cccs5)c4)C3)c2)cc1. The third kappa shape index (κ3) is 7.49. The molecule has 0 bridgehead atoms. The highest BCUT2D eigenvalue weighted by atomic mass is 32.2. The van der Waals surface area contributed by atoms with E-state index in [0.717, 1.165) is 34.4 Å². The summed E-state index contributed by atoms with van der Waals surface area (Å²) in [5.74, 6) is -0.0805. The fraction of sp³-hybridized carbons (Fsp3) is 0.324. The zero-order valence-corrected chi connectivity index (χ0v) is 28.2. The summed E-state index contributed by atoms with van der Waals surface area (Å²) in [5, 5.41) is 1.62. The predicted octanol–water partition coefficient (Wildman–Crippen LogP) is 6.77. The zero-order chi connectivity index (χ0) is 32.4. The number of carbonyl (C=O) groups excluding carboxylic acids is 1. The molecule has 5 rings (SSSR count). The third-order valence-corrected chi connectivity index (χ3v) is 12.6. The van der Waals surface area contributed by atoms with Crippen LogP contribution in [0, 0.1) is 0 Å². The molecule has 1 saturated heterocycles. The first-order valence-corrected chi connectivity index (χ1v) is 18.7. The molecule has 1 aliphatic rings. The summed E-state index contributed by atoms with van der Waals surface area (Å²) in [5.41, 5.74) is 2.43. The van der Waals surface area contributed by atoms with E-state index in [4.69, 9.17) is 4.74 Å². The Labute approximate surface area is 270 Å². The first kappa shape index (κ1) is 32.9. The predicted molar refractivity (Wildman–Crippen MR) is 177 cm³/mol. The van der Waals surface area contributed by atoms with E-state index in [0.29, 0.717) is 31.2 Å². The maximum absolute atomic E-state index is 13.8. The van der Waals surface area contributed by atoms with Gasteiger partial charge < -0.3 is 4.74 Å². The van der Waals surface area contributed by atoms with Crippen LogP contribution in [0.3, 0.4) is 0 Å². The summed E-state index contributed by atoms with van der Waals surface area (Å²) < 4.78 is 62.5. The van der Waals surface area contributed by atoms with Crippen LogP contribution in [-0.2, 0) is 24.8 Å². The lowest BCUT2D eigenvalue weighted by atomic mass is 9.91. The van der Waals surface area contributed by atoms with Gasteiger partial charge in [-0.2, -0.15) is 4.31 Å². The molecule has 1 amide bonds. The molecule has 8 nitrogen and oxygen atoms in total. The molecule has 1 fully saturated rings. The Morgan fingerprint density at radius 1 is 0.933 bits per heavy atom. The molecule has 3 aromatic carbocycles. The Kier molecular flexibility index (Phi) is 9.55. The Morgan fingerprint density at radius 2 is 1.67 bits per heavy atom. The number of thiophene rings is 1. The quantitative estimate of drug-likeness (QED) is 0.200. The average molecular weight is 667 g/mol. The number of ether oxygens (including phenoxy) is 1. The molecule has 0 aliphatic carbocycles. The van der Waals surface area contributed by atoms with Crippen LogP contribution in [0.5, 0.6) is 5.75 Å². The van der Waals surface area contributed by atoms with Crippen LogP contribution in [0.1, 0.15) is 63.5 Å². The molecule has 0 radical (unpaired) electrons. The van der Waals surface area contributed by atoms with Crippen molar-refractivity contribution >= 4 is 37.3 Å². The van der Waals surface area contributed by atoms with E-state index in [1.54, 1.807) is 52.1 Å². The molecular formula is C34H38N2O6S3. The molecule has 1 aromatic heterocycles. The van der Waals surface area contributed by atoms with Gasteiger partial charge in [0, 0.05) is 13.1 Å². The topological polar surface area (TPSA) is 110 Å². The van der Waals surface area contributed by atoms with E-state index in [2.05, 4.69) is 30.7 Å². The minimum Gasteiger partial charge on any atom is -0.478 e. The molecule has 238 valence electrons. The van der Waals surface area contributed by atoms with Gasteiger partial charge in [-0.3, -0.25) is 4.79 Å². The molecule has 45 heavy (non-hydrogen) atoms. The van der Waals surface area contributed by atoms with Crippen molar-refractivity contribution in [3.63, 3.8) is 0 Å². The van der Waals surface area contributed by atoms with Gasteiger partial charge in [0.15, 0.2) is 5.60 Å². The normalized spacial score (nSPS) is 16.4. The van der Waals surface area contributed by atoms with Crippen molar-refractivity contribution in [1.29, 1.82) is 0 Å². The Hall–Kier alpha value is -3.51. The second-order valence-electron chi connectivity index (χ2n) is 12.1. The van der Waals surface area contributed by atoms with E-state index in [1.807, 2.05) is 24.3 Å². The number of sulfonamides is 2. The van der Waals surface area contributed by atoms with Crippen LogP contribution in [0.15, 0.2) is 99.4 Å². The molecule has 1 atom stereocenters. The van der Waals surface area contributed by atoms with Gasteiger partial charge in [-0.1, -0.05) is 68.4 Å². The van der Waals surface area contributed by atoms with Crippen LogP contribution in [-0.4, -0.2) is 45.7 Å². The van der Waals surface area contributed by atoms with Crippen molar-refractivity contribution in [3.05, 3.63) is 101 Å². The van der Waals surface area contributed by atoms with E-state index in [1.165, 1.54) is 25.5 Å². The Bertz CT molecular complexity index is 1870. The van der Waals surface area contributed by atoms with Crippen molar-refractivity contribution < 1.29 is 26.4 Å². The number of benzene rings is 3. The van der Waals surface area contributed by atoms with Gasteiger partial charge >= 0.3 is 0 Å². The van der Waals surface area contributed by atoms with Gasteiger partial charge in [-0.25, -0.2) is 21.6 Å². The summed E-state index contributed by atoms with van der Waals surface area (Å²) >= 11 is 1.01. The summed E-state index contributed by atoms with van der Waals surface area (Å²) in [6, 6.07) is 25.5. The minimum absolute atomic E-state index is 0.0393. The maximum atomic E-state index is 13.8. The van der Waals surface area contributed by atoms with Gasteiger partial charge in [-0.05, 0) is 96.5 Å². The van der Waals surface area contributed by atoms with Crippen molar-refractivity contribution in [1.82, 2.24) is 9.03 Å². The van der Waals surface area contributed by atoms with Crippen molar-refractivity contribution in [2.45, 2.75) is 67.1 Å². The van der Waals surface area contributed by atoms with E-state index in [-0.39, 0.29) is 15.0 Å². The molecule has 0 saturated carbocycles. The van der Waals surface area contributed by atoms with Gasteiger partial charge in [0.05, 0.1) is 4.90 Å². The van der Waals surface area contributed by atoms with Gasteiger partial charge in [0.25, 0.3) is 15.9 Å². The van der Waals surface area contributed by atoms with Crippen LogP contribution < -0.4 is 9.46 Å². The monoisotopic (exact) mass is 666 g/mol. The van der Waals surface area contributed by atoms with Gasteiger partial charge in [-0.15, -0.1) is 11.3 Å². The van der Waals surface area contributed by atoms with Crippen LogP contribution >= 0.6 is 11.3 Å². The van der Waals surface area contributed by atoms with Gasteiger partial charge in [0.1, 0.15) is 9.96 Å². The lowest BCUT2D eigenvalue weighted by Crippen LogP contribution is -2.48. The smallest absolute Gasteiger partial charge is 0.277 e. The Morgan fingerprint density at radius 3 is 2.36 bits per heavy atom. The van der Waals surface area contributed by atoms with Crippen LogP contribution in [0.25, 0.3) is 11.1 Å². The first-order valence-electron chi connectivity index (χ1n) is 14.9. The number of carbonyl (C=O) groups is 1. The third-order valence-electron chi connectivity index (χ3n) is 8.00. The molecule has 1 N–H and O–H groups in total. The Balaban J connectivity index is 1.30. The molecule has 0 spiro atoms. The molecule has 4 aromatic rings. The maximum Gasteiger partial charge on any atom is 0.277 e. The van der Waals surface area contributed by atoms with E-state index >= 15 is 0 Å². The average Bonchev–Trinajstić information content (AvgIpc) is 3.58. The number of nitrogens with one attached hydrogen (secondary N) is 1. The number of amides is 1. The van der Waals surface area contributed by atoms with E-state index in [9.17, 15) is 21.6 Å². The summed E-state index contributed by atoms with van der Waals surface area (Å²) in [7, 11) is -7.76. The summed E-state index contributed by atoms with van der Waals surface area (Å²) in [6.45, 7) is 8.01. The second-order valence-corrected chi connectivity index (χ2v) is 16.9.